The molecule has 0 spiro atoms. The first-order valence-electron chi connectivity index (χ1n) is 4.42. The molecule has 0 saturated heterocycles. The number of nitrogens with zero attached hydrogens (tertiary/aromatic N) is 1. The van der Waals surface area contributed by atoms with Crippen LogP contribution in [0.25, 0.3) is 0 Å². The maximum absolute atomic E-state index is 12.3. The van der Waals surface area contributed by atoms with E-state index >= 15 is 0 Å². The lowest BCUT2D eigenvalue weighted by molar-refractivity contribution is 0.0886. The summed E-state index contributed by atoms with van der Waals surface area (Å²) in [6, 6.07) is 3.90. The molecule has 1 heterocycles. The van der Waals surface area contributed by atoms with Crippen molar-refractivity contribution >= 4 is 43.2 Å². The van der Waals surface area contributed by atoms with Crippen LogP contribution in [-0.4, -0.2) is 29.7 Å². The summed E-state index contributed by atoms with van der Waals surface area (Å²) < 4.78 is 25.5. The van der Waals surface area contributed by atoms with Crippen molar-refractivity contribution in [3.63, 3.8) is 0 Å². The van der Waals surface area contributed by atoms with Gasteiger partial charge in [-0.05, 0) is 28.1 Å². The molecule has 0 aliphatic carbocycles. The fourth-order valence-corrected chi connectivity index (χ4v) is 3.23. The molecule has 0 N–H and O–H groups in total. The van der Waals surface area contributed by atoms with Crippen molar-refractivity contribution in [1.82, 2.24) is 4.90 Å². The number of hydrogen-bond donors (Lipinski definition) is 0. The van der Waals surface area contributed by atoms with E-state index in [-0.39, 0.29) is 6.54 Å². The quantitative estimate of drug-likeness (QED) is 0.692. The molecule has 0 atom stereocenters. The summed E-state index contributed by atoms with van der Waals surface area (Å²) in [7, 11) is 0. The molecule has 0 radical (unpaired) electrons. The number of thiophene rings is 1. The van der Waals surface area contributed by atoms with Crippen LogP contribution in [0.2, 0.25) is 0 Å². The SMILES string of the molecule is FC(F)CN(CCBr)Cc1ccc(Br)s1. The molecular weight excluding hydrogens is 352 g/mol. The largest absolute Gasteiger partial charge is 0.292 e. The number of halogens is 4. The van der Waals surface area contributed by atoms with Gasteiger partial charge in [-0.3, -0.25) is 4.90 Å². The third-order valence-corrected chi connectivity index (χ3v) is 3.77. The number of alkyl halides is 3. The van der Waals surface area contributed by atoms with E-state index in [4.69, 9.17) is 0 Å². The van der Waals surface area contributed by atoms with Gasteiger partial charge in [-0.15, -0.1) is 11.3 Å². The molecule has 0 aromatic carbocycles. The van der Waals surface area contributed by atoms with Crippen molar-refractivity contribution < 1.29 is 8.78 Å². The maximum Gasteiger partial charge on any atom is 0.251 e. The van der Waals surface area contributed by atoms with Crippen LogP contribution in [0.1, 0.15) is 4.88 Å². The highest BCUT2D eigenvalue weighted by Gasteiger charge is 2.12. The van der Waals surface area contributed by atoms with E-state index < -0.39 is 6.43 Å². The molecule has 0 fully saturated rings. The zero-order valence-electron chi connectivity index (χ0n) is 7.93. The van der Waals surface area contributed by atoms with Gasteiger partial charge in [-0.1, -0.05) is 15.9 Å². The topological polar surface area (TPSA) is 3.24 Å². The van der Waals surface area contributed by atoms with Crippen molar-refractivity contribution in [3.8, 4) is 0 Å². The highest BCUT2D eigenvalue weighted by atomic mass is 79.9. The summed E-state index contributed by atoms with van der Waals surface area (Å²) in [6.07, 6.45) is -2.27. The van der Waals surface area contributed by atoms with E-state index in [1.54, 1.807) is 16.2 Å². The van der Waals surface area contributed by atoms with Crippen LogP contribution >= 0.6 is 43.2 Å². The Morgan fingerprint density at radius 1 is 1.40 bits per heavy atom. The van der Waals surface area contributed by atoms with Gasteiger partial charge >= 0.3 is 0 Å². The molecule has 0 aliphatic rings. The molecule has 0 bridgehead atoms. The standard InChI is InChI=1S/C9H11Br2F2NS/c10-3-4-14(6-9(12)13)5-7-1-2-8(11)15-7/h1-2,9H,3-6H2. The average Bonchev–Trinajstić information content (AvgIpc) is 2.50. The Balaban J connectivity index is 2.50. The lowest BCUT2D eigenvalue weighted by Gasteiger charge is -2.19. The van der Waals surface area contributed by atoms with E-state index in [9.17, 15) is 8.78 Å². The molecule has 86 valence electrons. The average molecular weight is 363 g/mol. The monoisotopic (exact) mass is 361 g/mol. The van der Waals surface area contributed by atoms with Crippen LogP contribution in [0.4, 0.5) is 8.78 Å². The Bertz CT molecular complexity index is 293. The van der Waals surface area contributed by atoms with E-state index in [1.807, 2.05) is 12.1 Å². The first-order valence-corrected chi connectivity index (χ1v) is 7.15. The Kier molecular flexibility index (Phi) is 6.26. The van der Waals surface area contributed by atoms with Crippen molar-refractivity contribution in [2.24, 2.45) is 0 Å². The Morgan fingerprint density at radius 3 is 2.60 bits per heavy atom. The molecule has 15 heavy (non-hydrogen) atoms. The smallest absolute Gasteiger partial charge is 0.251 e. The van der Waals surface area contributed by atoms with Gasteiger partial charge in [0.15, 0.2) is 0 Å². The van der Waals surface area contributed by atoms with Crippen LogP contribution in [0.5, 0.6) is 0 Å². The lowest BCUT2D eigenvalue weighted by Crippen LogP contribution is -2.29. The summed E-state index contributed by atoms with van der Waals surface area (Å²) >= 11 is 8.20. The van der Waals surface area contributed by atoms with E-state index in [0.717, 1.165) is 8.66 Å². The summed E-state index contributed by atoms with van der Waals surface area (Å²) in [5.74, 6) is 0. The molecule has 0 amide bonds. The molecule has 1 aromatic heterocycles. The van der Waals surface area contributed by atoms with Gasteiger partial charge in [0, 0.05) is 23.3 Å². The van der Waals surface area contributed by atoms with Gasteiger partial charge in [-0.2, -0.15) is 0 Å². The van der Waals surface area contributed by atoms with Crippen LogP contribution in [0.3, 0.4) is 0 Å². The minimum Gasteiger partial charge on any atom is -0.292 e. The van der Waals surface area contributed by atoms with Crippen molar-refractivity contribution in [3.05, 3.63) is 20.8 Å². The zero-order valence-corrected chi connectivity index (χ0v) is 11.9. The highest BCUT2D eigenvalue weighted by molar-refractivity contribution is 9.11. The summed E-state index contributed by atoms with van der Waals surface area (Å²) in [5, 5.41) is 0.715. The highest BCUT2D eigenvalue weighted by Crippen LogP contribution is 2.23. The van der Waals surface area contributed by atoms with Gasteiger partial charge in [0.25, 0.3) is 6.43 Å². The molecule has 0 unspecified atom stereocenters. The van der Waals surface area contributed by atoms with Crippen molar-refractivity contribution in [2.45, 2.75) is 13.0 Å². The van der Waals surface area contributed by atoms with Crippen LogP contribution in [-0.2, 0) is 6.54 Å². The first-order chi connectivity index (χ1) is 7.11. The first kappa shape index (κ1) is 13.5. The summed E-state index contributed by atoms with van der Waals surface area (Å²) in [6.45, 7) is 1.06. The third-order valence-electron chi connectivity index (χ3n) is 1.81. The summed E-state index contributed by atoms with van der Waals surface area (Å²) in [4.78, 5) is 2.85. The van der Waals surface area contributed by atoms with E-state index in [2.05, 4.69) is 31.9 Å². The van der Waals surface area contributed by atoms with Crippen LogP contribution in [0, 0.1) is 0 Å². The third kappa shape index (κ3) is 5.38. The maximum atomic E-state index is 12.3. The predicted octanol–water partition coefficient (Wildman–Crippen LogP) is 3.97. The zero-order chi connectivity index (χ0) is 11.3. The second-order valence-electron chi connectivity index (χ2n) is 3.02. The van der Waals surface area contributed by atoms with E-state index in [0.29, 0.717) is 18.4 Å². The van der Waals surface area contributed by atoms with Crippen LogP contribution < -0.4 is 0 Å². The van der Waals surface area contributed by atoms with Gasteiger partial charge in [0.05, 0.1) is 10.3 Å². The van der Waals surface area contributed by atoms with Gasteiger partial charge in [-0.25, -0.2) is 8.78 Å². The normalized spacial score (nSPS) is 11.6. The molecule has 1 nitrogen and oxygen atoms in total. The fourth-order valence-electron chi connectivity index (χ4n) is 1.21. The minimum atomic E-state index is -2.27. The minimum absolute atomic E-state index is 0.166. The molecular formula is C9H11Br2F2NS. The van der Waals surface area contributed by atoms with Gasteiger partial charge < -0.3 is 0 Å². The van der Waals surface area contributed by atoms with Gasteiger partial charge in [0.2, 0.25) is 0 Å². The molecule has 0 saturated carbocycles. The number of rotatable bonds is 6. The second kappa shape index (κ2) is 6.93. The van der Waals surface area contributed by atoms with Crippen LogP contribution in [0.15, 0.2) is 15.9 Å². The summed E-state index contributed by atoms with van der Waals surface area (Å²) in [5.41, 5.74) is 0. The Hall–Kier alpha value is 0.480. The predicted molar refractivity (Wildman–Crippen MR) is 67.1 cm³/mol. The van der Waals surface area contributed by atoms with Crippen molar-refractivity contribution in [1.29, 1.82) is 0 Å². The second-order valence-corrected chi connectivity index (χ2v) is 6.36. The molecule has 6 heteroatoms. The van der Waals surface area contributed by atoms with Crippen molar-refractivity contribution in [2.75, 3.05) is 18.4 Å². The molecule has 0 aliphatic heterocycles. The van der Waals surface area contributed by atoms with E-state index in [1.165, 1.54) is 0 Å². The molecule has 1 rings (SSSR count). The Morgan fingerprint density at radius 2 is 2.13 bits per heavy atom. The Labute approximate surface area is 109 Å². The molecule has 1 aromatic rings. The fraction of sp³-hybridized carbons (Fsp3) is 0.556. The number of hydrogen-bond acceptors (Lipinski definition) is 2. The lowest BCUT2D eigenvalue weighted by atomic mass is 10.4. The van der Waals surface area contributed by atoms with Gasteiger partial charge in [0.1, 0.15) is 0 Å².